The van der Waals surface area contributed by atoms with Crippen LogP contribution in [-0.2, 0) is 19.4 Å². The lowest BCUT2D eigenvalue weighted by Gasteiger charge is -2.25. The van der Waals surface area contributed by atoms with E-state index >= 15 is 0 Å². The number of carbonyl (C=O) groups excluding carboxylic acids is 1. The number of benzene rings is 2. The standard InChI is InChI=1S/C21H18F2N2O3/c1-27-14-10-15(22)20(16(23)11-14)21(26)25-8-7-18-17(12-25)24-19(28-18)9-13-5-3-2-4-6-13/h2-6,10-11H,7-9,12H2,1H3. The molecule has 4 rings (SSSR count). The summed E-state index contributed by atoms with van der Waals surface area (Å²) < 4.78 is 39.1. The van der Waals surface area contributed by atoms with Crippen LogP contribution in [0.25, 0.3) is 0 Å². The minimum absolute atomic E-state index is 0.0227. The van der Waals surface area contributed by atoms with Gasteiger partial charge in [-0.15, -0.1) is 0 Å². The number of carbonyl (C=O) groups is 1. The van der Waals surface area contributed by atoms with Crippen molar-refractivity contribution in [2.45, 2.75) is 19.4 Å². The van der Waals surface area contributed by atoms with Gasteiger partial charge < -0.3 is 14.1 Å². The molecule has 1 aromatic heterocycles. The molecular weight excluding hydrogens is 366 g/mol. The van der Waals surface area contributed by atoms with Gasteiger partial charge in [-0.2, -0.15) is 0 Å². The number of oxazole rings is 1. The molecule has 28 heavy (non-hydrogen) atoms. The van der Waals surface area contributed by atoms with Crippen molar-refractivity contribution in [3.8, 4) is 5.75 Å². The maximum absolute atomic E-state index is 14.2. The smallest absolute Gasteiger partial charge is 0.260 e. The van der Waals surface area contributed by atoms with Gasteiger partial charge in [-0.1, -0.05) is 30.3 Å². The molecule has 0 unspecified atom stereocenters. The number of nitrogens with zero attached hydrogens (tertiary/aromatic N) is 2. The van der Waals surface area contributed by atoms with Gasteiger partial charge in [-0.3, -0.25) is 4.79 Å². The van der Waals surface area contributed by atoms with Crippen LogP contribution in [0.4, 0.5) is 8.78 Å². The van der Waals surface area contributed by atoms with E-state index in [2.05, 4.69) is 4.98 Å². The number of methoxy groups -OCH3 is 1. The van der Waals surface area contributed by atoms with E-state index in [9.17, 15) is 13.6 Å². The van der Waals surface area contributed by atoms with Gasteiger partial charge in [0.1, 0.15) is 34.4 Å². The number of rotatable bonds is 4. The summed E-state index contributed by atoms with van der Waals surface area (Å²) in [5, 5.41) is 0. The van der Waals surface area contributed by atoms with E-state index < -0.39 is 23.1 Å². The molecular formula is C21H18F2N2O3. The zero-order valence-electron chi connectivity index (χ0n) is 15.2. The van der Waals surface area contributed by atoms with E-state index in [1.54, 1.807) is 0 Å². The third kappa shape index (κ3) is 3.47. The van der Waals surface area contributed by atoms with Gasteiger partial charge in [-0.25, -0.2) is 13.8 Å². The fraction of sp³-hybridized carbons (Fsp3) is 0.238. The lowest BCUT2D eigenvalue weighted by molar-refractivity contribution is 0.0718. The molecule has 0 spiro atoms. The molecule has 0 saturated heterocycles. The van der Waals surface area contributed by atoms with Crippen LogP contribution in [0.1, 0.15) is 33.3 Å². The van der Waals surface area contributed by atoms with E-state index in [4.69, 9.17) is 9.15 Å². The van der Waals surface area contributed by atoms with Gasteiger partial charge in [-0.05, 0) is 5.56 Å². The SMILES string of the molecule is COc1cc(F)c(C(=O)N2CCc3oc(Cc4ccccc4)nc3C2)c(F)c1. The second-order valence-electron chi connectivity index (χ2n) is 6.58. The summed E-state index contributed by atoms with van der Waals surface area (Å²) in [6, 6.07) is 11.8. The van der Waals surface area contributed by atoms with Crippen LogP contribution in [0.3, 0.4) is 0 Å². The molecule has 144 valence electrons. The molecule has 2 heterocycles. The molecule has 0 N–H and O–H groups in total. The second kappa shape index (κ2) is 7.42. The predicted octanol–water partition coefficient (Wildman–Crippen LogP) is 3.75. The number of hydrogen-bond donors (Lipinski definition) is 0. The molecule has 0 bridgehead atoms. The number of amides is 1. The third-order valence-electron chi connectivity index (χ3n) is 4.72. The molecule has 1 aliphatic heterocycles. The van der Waals surface area contributed by atoms with Gasteiger partial charge >= 0.3 is 0 Å². The largest absolute Gasteiger partial charge is 0.497 e. The zero-order valence-corrected chi connectivity index (χ0v) is 15.2. The fourth-order valence-corrected chi connectivity index (χ4v) is 3.30. The predicted molar refractivity (Wildman–Crippen MR) is 97.1 cm³/mol. The third-order valence-corrected chi connectivity index (χ3v) is 4.72. The number of aromatic nitrogens is 1. The molecule has 2 aromatic carbocycles. The first-order valence-electron chi connectivity index (χ1n) is 8.89. The molecule has 0 aliphatic carbocycles. The molecule has 1 aliphatic rings. The van der Waals surface area contributed by atoms with E-state index in [0.717, 1.165) is 17.7 Å². The van der Waals surface area contributed by atoms with Gasteiger partial charge in [0.2, 0.25) is 0 Å². The monoisotopic (exact) mass is 384 g/mol. The molecule has 5 nitrogen and oxygen atoms in total. The highest BCUT2D eigenvalue weighted by Gasteiger charge is 2.29. The van der Waals surface area contributed by atoms with Crippen molar-refractivity contribution in [2.75, 3.05) is 13.7 Å². The molecule has 3 aromatic rings. The quantitative estimate of drug-likeness (QED) is 0.688. The Bertz CT molecular complexity index is 995. The molecule has 0 atom stereocenters. The van der Waals surface area contributed by atoms with Crippen LogP contribution in [0.15, 0.2) is 46.9 Å². The minimum Gasteiger partial charge on any atom is -0.497 e. The highest BCUT2D eigenvalue weighted by molar-refractivity contribution is 5.95. The van der Waals surface area contributed by atoms with Crippen LogP contribution in [0.2, 0.25) is 0 Å². The maximum Gasteiger partial charge on any atom is 0.260 e. The molecule has 0 saturated carbocycles. The van der Waals surface area contributed by atoms with Crippen molar-refractivity contribution < 1.29 is 22.7 Å². The Hall–Kier alpha value is -3.22. The van der Waals surface area contributed by atoms with Gasteiger partial charge in [0.15, 0.2) is 5.89 Å². The van der Waals surface area contributed by atoms with Gasteiger partial charge in [0, 0.05) is 31.5 Å². The van der Waals surface area contributed by atoms with Crippen molar-refractivity contribution in [1.29, 1.82) is 0 Å². The summed E-state index contributed by atoms with van der Waals surface area (Å²) in [7, 11) is 1.31. The van der Waals surface area contributed by atoms with Gasteiger partial charge in [0.05, 0.1) is 13.7 Å². The van der Waals surface area contributed by atoms with Crippen molar-refractivity contribution in [2.24, 2.45) is 0 Å². The van der Waals surface area contributed by atoms with E-state index in [1.807, 2.05) is 30.3 Å². The highest BCUT2D eigenvalue weighted by Crippen LogP contribution is 2.26. The average molecular weight is 384 g/mol. The molecule has 0 radical (unpaired) electrons. The summed E-state index contributed by atoms with van der Waals surface area (Å²) in [4.78, 5) is 18.6. The normalized spacial score (nSPS) is 13.3. The van der Waals surface area contributed by atoms with Crippen LogP contribution in [0, 0.1) is 11.6 Å². The first-order chi connectivity index (χ1) is 13.5. The van der Waals surface area contributed by atoms with Crippen LogP contribution in [-0.4, -0.2) is 29.4 Å². The Morgan fingerprint density at radius 3 is 2.61 bits per heavy atom. The zero-order chi connectivity index (χ0) is 19.7. The van der Waals surface area contributed by atoms with Crippen molar-refractivity contribution in [1.82, 2.24) is 9.88 Å². The molecule has 1 amide bonds. The fourth-order valence-electron chi connectivity index (χ4n) is 3.30. The Balaban J connectivity index is 1.53. The summed E-state index contributed by atoms with van der Waals surface area (Å²) in [5.74, 6) is -1.31. The Morgan fingerprint density at radius 2 is 1.93 bits per heavy atom. The van der Waals surface area contributed by atoms with Gasteiger partial charge in [0.25, 0.3) is 5.91 Å². The lowest BCUT2D eigenvalue weighted by atomic mass is 10.1. The summed E-state index contributed by atoms with van der Waals surface area (Å²) >= 11 is 0. The number of ether oxygens (including phenoxy) is 1. The molecule has 7 heteroatoms. The Morgan fingerprint density at radius 1 is 1.21 bits per heavy atom. The summed E-state index contributed by atoms with van der Waals surface area (Å²) in [5.41, 5.74) is 1.11. The van der Waals surface area contributed by atoms with E-state index in [1.165, 1.54) is 12.0 Å². The minimum atomic E-state index is -0.947. The topological polar surface area (TPSA) is 55.6 Å². The summed E-state index contributed by atoms with van der Waals surface area (Å²) in [6.07, 6.45) is 0.992. The number of halogens is 2. The van der Waals surface area contributed by atoms with Crippen molar-refractivity contribution in [3.63, 3.8) is 0 Å². The first-order valence-corrected chi connectivity index (χ1v) is 8.89. The second-order valence-corrected chi connectivity index (χ2v) is 6.58. The van der Waals surface area contributed by atoms with Crippen molar-refractivity contribution in [3.05, 3.63) is 82.6 Å². The number of fused-ring (bicyclic) bond motifs is 1. The van der Waals surface area contributed by atoms with E-state index in [0.29, 0.717) is 36.7 Å². The van der Waals surface area contributed by atoms with Crippen LogP contribution in [0.5, 0.6) is 5.75 Å². The average Bonchev–Trinajstić information content (AvgIpc) is 3.09. The Labute approximate surface area is 160 Å². The highest BCUT2D eigenvalue weighted by atomic mass is 19.1. The van der Waals surface area contributed by atoms with Crippen LogP contribution >= 0.6 is 0 Å². The molecule has 0 fully saturated rings. The number of hydrogen-bond acceptors (Lipinski definition) is 4. The maximum atomic E-state index is 14.2. The Kier molecular flexibility index (Phi) is 4.81. The lowest BCUT2D eigenvalue weighted by Crippen LogP contribution is -2.36. The van der Waals surface area contributed by atoms with Crippen LogP contribution < -0.4 is 4.74 Å². The van der Waals surface area contributed by atoms with E-state index in [-0.39, 0.29) is 12.3 Å². The van der Waals surface area contributed by atoms with Crippen molar-refractivity contribution >= 4 is 5.91 Å². The summed E-state index contributed by atoms with van der Waals surface area (Å²) in [6.45, 7) is 0.452. The first kappa shape index (κ1) is 18.2.